The van der Waals surface area contributed by atoms with Crippen molar-refractivity contribution in [2.45, 2.75) is 19.4 Å². The summed E-state index contributed by atoms with van der Waals surface area (Å²) in [6.45, 7) is 2.16. The molecule has 0 bridgehead atoms. The summed E-state index contributed by atoms with van der Waals surface area (Å²) in [6, 6.07) is 11.2. The van der Waals surface area contributed by atoms with Gasteiger partial charge in [0.2, 0.25) is 0 Å². The average molecular weight is 571 g/mol. The maximum Gasteiger partial charge on any atom is 0.338 e. The van der Waals surface area contributed by atoms with Gasteiger partial charge >= 0.3 is 5.97 Å². The summed E-state index contributed by atoms with van der Waals surface area (Å²) in [5, 5.41) is 11.5. The summed E-state index contributed by atoms with van der Waals surface area (Å²) >= 11 is 12.7. The zero-order valence-corrected chi connectivity index (χ0v) is 22.7. The smallest absolute Gasteiger partial charge is 0.338 e. The Balaban J connectivity index is 1.89. The molecule has 1 saturated heterocycles. The van der Waals surface area contributed by atoms with E-state index in [1.165, 1.54) is 55.6 Å². The van der Waals surface area contributed by atoms with Gasteiger partial charge in [-0.1, -0.05) is 36.2 Å². The van der Waals surface area contributed by atoms with Crippen LogP contribution in [0, 0.1) is 0 Å². The summed E-state index contributed by atoms with van der Waals surface area (Å²) in [5.41, 5.74) is 0.637. The van der Waals surface area contributed by atoms with Crippen molar-refractivity contribution in [3.63, 3.8) is 0 Å². The van der Waals surface area contributed by atoms with Crippen molar-refractivity contribution >= 4 is 52.3 Å². The summed E-state index contributed by atoms with van der Waals surface area (Å²) in [4.78, 5) is 44.6. The maximum atomic E-state index is 13.4. The van der Waals surface area contributed by atoms with E-state index in [4.69, 9.17) is 37.4 Å². The second-order valence-electron chi connectivity index (χ2n) is 8.39. The van der Waals surface area contributed by atoms with Crippen LogP contribution in [0.15, 0.2) is 60.3 Å². The molecule has 2 aromatic carbocycles. The maximum absolute atomic E-state index is 13.4. The number of aliphatic hydroxyl groups excluding tert-OH is 1. The van der Waals surface area contributed by atoms with Gasteiger partial charge in [0.25, 0.3) is 11.7 Å². The highest BCUT2D eigenvalue weighted by Gasteiger charge is 2.48. The number of nitrogens with zero attached hydrogens (tertiary/aromatic N) is 2. The third kappa shape index (κ3) is 5.15. The molecule has 4 rings (SSSR count). The molecule has 1 unspecified atom stereocenters. The van der Waals surface area contributed by atoms with Gasteiger partial charge in [-0.2, -0.15) is 0 Å². The van der Waals surface area contributed by atoms with Crippen LogP contribution in [0.25, 0.3) is 5.76 Å². The first-order valence-corrected chi connectivity index (χ1v) is 12.6. The average Bonchev–Trinajstić information content (AvgIpc) is 3.21. The Bertz CT molecular complexity index is 1460. The van der Waals surface area contributed by atoms with E-state index in [0.29, 0.717) is 17.8 Å². The molecule has 11 heteroatoms. The first-order chi connectivity index (χ1) is 18.7. The lowest BCUT2D eigenvalue weighted by Gasteiger charge is -2.25. The van der Waals surface area contributed by atoms with Crippen LogP contribution in [0.3, 0.4) is 0 Å². The van der Waals surface area contributed by atoms with Gasteiger partial charge in [-0.05, 0) is 48.9 Å². The number of aliphatic hydroxyl groups is 1. The van der Waals surface area contributed by atoms with Gasteiger partial charge < -0.3 is 19.3 Å². The van der Waals surface area contributed by atoms with E-state index in [1.54, 1.807) is 18.2 Å². The van der Waals surface area contributed by atoms with Crippen LogP contribution in [0.4, 0.5) is 5.69 Å². The van der Waals surface area contributed by atoms with Crippen molar-refractivity contribution < 1.29 is 33.7 Å². The number of carbonyl (C=O) groups is 3. The minimum Gasteiger partial charge on any atom is -0.507 e. The van der Waals surface area contributed by atoms with Crippen LogP contribution in [-0.4, -0.2) is 48.6 Å². The molecule has 1 aliphatic heterocycles. The zero-order valence-electron chi connectivity index (χ0n) is 21.2. The van der Waals surface area contributed by atoms with Crippen LogP contribution in [-0.2, 0) is 14.3 Å². The Hall–Kier alpha value is -4.08. The molecule has 0 spiro atoms. The third-order valence-electron chi connectivity index (χ3n) is 6.03. The molecule has 1 fully saturated rings. The summed E-state index contributed by atoms with van der Waals surface area (Å²) in [5.74, 6) is -2.82. The van der Waals surface area contributed by atoms with Gasteiger partial charge in [0, 0.05) is 11.9 Å². The number of rotatable bonds is 8. The second-order valence-corrected chi connectivity index (χ2v) is 9.18. The predicted octanol–water partition coefficient (Wildman–Crippen LogP) is 5.60. The number of methoxy groups -OCH3 is 2. The van der Waals surface area contributed by atoms with Crippen molar-refractivity contribution in [1.29, 1.82) is 0 Å². The number of ether oxygens (including phenoxy) is 3. The van der Waals surface area contributed by atoms with E-state index in [0.717, 1.165) is 0 Å². The lowest BCUT2D eigenvalue weighted by atomic mass is 9.97. The number of pyridine rings is 1. The number of aromatic nitrogens is 1. The molecule has 1 N–H and O–H groups in total. The molecule has 3 aromatic rings. The molecule has 1 aliphatic rings. The van der Waals surface area contributed by atoms with E-state index in [-0.39, 0.29) is 44.9 Å². The molecule has 39 heavy (non-hydrogen) atoms. The second kappa shape index (κ2) is 11.8. The minimum atomic E-state index is -1.12. The van der Waals surface area contributed by atoms with Crippen LogP contribution < -0.4 is 14.4 Å². The number of amides is 1. The molecule has 9 nitrogen and oxygen atoms in total. The van der Waals surface area contributed by atoms with Crippen LogP contribution in [0.2, 0.25) is 10.0 Å². The van der Waals surface area contributed by atoms with Crippen molar-refractivity contribution in [1.82, 2.24) is 4.98 Å². The third-order valence-corrected chi connectivity index (χ3v) is 6.65. The van der Waals surface area contributed by atoms with E-state index < -0.39 is 29.5 Å². The molecular weight excluding hydrogens is 547 g/mol. The molecule has 202 valence electrons. The molecule has 1 aromatic heterocycles. The van der Waals surface area contributed by atoms with Crippen LogP contribution in [0.5, 0.6) is 11.5 Å². The Morgan fingerprint density at radius 3 is 2.33 bits per heavy atom. The van der Waals surface area contributed by atoms with E-state index in [1.807, 2.05) is 6.92 Å². The zero-order chi connectivity index (χ0) is 28.3. The number of esters is 1. The van der Waals surface area contributed by atoms with Gasteiger partial charge in [0.1, 0.15) is 16.8 Å². The minimum absolute atomic E-state index is 0.00340. The van der Waals surface area contributed by atoms with Gasteiger partial charge in [-0.15, -0.1) is 0 Å². The Morgan fingerprint density at radius 1 is 1.05 bits per heavy atom. The number of hydrogen-bond acceptors (Lipinski definition) is 8. The van der Waals surface area contributed by atoms with Crippen LogP contribution >= 0.6 is 23.2 Å². The monoisotopic (exact) mass is 570 g/mol. The normalized spacial score (nSPS) is 16.3. The van der Waals surface area contributed by atoms with Gasteiger partial charge in [0.05, 0.1) is 48.2 Å². The lowest BCUT2D eigenvalue weighted by molar-refractivity contribution is -0.132. The predicted molar refractivity (Wildman–Crippen MR) is 146 cm³/mol. The number of halogens is 2. The molecule has 0 aliphatic carbocycles. The summed E-state index contributed by atoms with van der Waals surface area (Å²) in [7, 11) is 2.70. The molecule has 0 saturated carbocycles. The van der Waals surface area contributed by atoms with Crippen molar-refractivity contribution in [3.8, 4) is 11.5 Å². The quantitative estimate of drug-likeness (QED) is 0.161. The highest BCUT2D eigenvalue weighted by molar-refractivity contribution is 6.52. The van der Waals surface area contributed by atoms with Gasteiger partial charge in [0.15, 0.2) is 11.5 Å². The fourth-order valence-corrected chi connectivity index (χ4v) is 4.93. The Morgan fingerprint density at radius 2 is 1.74 bits per heavy atom. The molecule has 2 heterocycles. The fourth-order valence-electron chi connectivity index (χ4n) is 4.24. The first-order valence-electron chi connectivity index (χ1n) is 11.8. The Kier molecular flexibility index (Phi) is 8.42. The number of Topliss-reactive ketones (excluding diaryl/α,β-unsaturated/α-hetero) is 1. The molecule has 0 radical (unpaired) electrons. The fraction of sp³-hybridized carbons (Fsp3) is 0.214. The van der Waals surface area contributed by atoms with Crippen LogP contribution in [0.1, 0.15) is 41.0 Å². The summed E-state index contributed by atoms with van der Waals surface area (Å²) in [6.07, 6.45) is 2.18. The van der Waals surface area contributed by atoms with E-state index in [9.17, 15) is 19.5 Å². The number of benzene rings is 2. The number of ketones is 1. The van der Waals surface area contributed by atoms with Crippen molar-refractivity contribution in [2.75, 3.05) is 25.7 Å². The molecule has 1 amide bonds. The summed E-state index contributed by atoms with van der Waals surface area (Å²) < 4.78 is 15.8. The SMILES string of the molecule is CCCOC(=O)c1ccc(N2C(=O)C(=O)/C(=C(/O)c3cc(Cl)c(OC)c(Cl)c3OC)C2c2ccccn2)cc1. The number of hydrogen-bond donors (Lipinski definition) is 1. The lowest BCUT2D eigenvalue weighted by Crippen LogP contribution is -2.29. The Labute approximate surface area is 234 Å². The van der Waals surface area contributed by atoms with Crippen molar-refractivity contribution in [2.24, 2.45) is 0 Å². The highest BCUT2D eigenvalue weighted by Crippen LogP contribution is 2.47. The van der Waals surface area contributed by atoms with E-state index >= 15 is 0 Å². The van der Waals surface area contributed by atoms with Gasteiger partial charge in [-0.25, -0.2) is 4.79 Å². The molecule has 1 atom stereocenters. The largest absolute Gasteiger partial charge is 0.507 e. The molecular formula is C28H24Cl2N2O7. The standard InChI is InChI=1S/C28H24Cl2N2O7/c1-4-13-39-28(36)15-8-10-16(11-9-15)32-22(19-7-5-6-12-31-19)20(24(34)27(32)35)23(33)17-14-18(29)26(38-3)21(30)25(17)37-2/h5-12,14,22,33H,4,13H2,1-3H3/b23-20+. The number of anilines is 1. The highest BCUT2D eigenvalue weighted by atomic mass is 35.5. The van der Waals surface area contributed by atoms with Crippen molar-refractivity contribution in [3.05, 3.63) is 87.2 Å². The number of carbonyl (C=O) groups excluding carboxylic acids is 3. The topological polar surface area (TPSA) is 115 Å². The van der Waals surface area contributed by atoms with Gasteiger partial charge in [-0.3, -0.25) is 19.5 Å². The first kappa shape index (κ1) is 27.9. The van der Waals surface area contributed by atoms with E-state index in [2.05, 4.69) is 4.98 Å².